The van der Waals surface area contributed by atoms with Gasteiger partial charge in [-0.25, -0.2) is 4.98 Å². The highest BCUT2D eigenvalue weighted by atomic mass is 32.1. The van der Waals surface area contributed by atoms with Gasteiger partial charge in [-0.15, -0.1) is 11.3 Å². The van der Waals surface area contributed by atoms with E-state index in [9.17, 15) is 0 Å². The fourth-order valence-corrected chi connectivity index (χ4v) is 2.81. The molecule has 0 atom stereocenters. The van der Waals surface area contributed by atoms with E-state index >= 15 is 0 Å². The number of benzene rings is 1. The minimum atomic E-state index is 0.280. The summed E-state index contributed by atoms with van der Waals surface area (Å²) in [6.45, 7) is 0.441. The molecule has 0 radical (unpaired) electrons. The van der Waals surface area contributed by atoms with Crippen molar-refractivity contribution in [3.8, 4) is 28.6 Å². The first-order valence-electron chi connectivity index (χ1n) is 7.21. The van der Waals surface area contributed by atoms with Gasteiger partial charge in [-0.2, -0.15) is 4.98 Å². The van der Waals surface area contributed by atoms with Gasteiger partial charge in [0.05, 0.1) is 20.4 Å². The Balaban J connectivity index is 1.84. The second-order valence-corrected chi connectivity index (χ2v) is 5.91. The molecule has 0 fully saturated rings. The Morgan fingerprint density at radius 1 is 1.17 bits per heavy atom. The Bertz CT molecular complexity index is 822. The SMILES string of the molecule is COc1ccc(-c2ncc(OCc3cccs3)nc2N)c(OC)c1. The van der Waals surface area contributed by atoms with Crippen LogP contribution in [0.25, 0.3) is 11.3 Å². The van der Waals surface area contributed by atoms with Crippen molar-refractivity contribution in [2.24, 2.45) is 0 Å². The van der Waals surface area contributed by atoms with Crippen molar-refractivity contribution in [2.45, 2.75) is 6.61 Å². The number of thiophene rings is 1. The van der Waals surface area contributed by atoms with Gasteiger partial charge in [0.15, 0.2) is 5.82 Å². The van der Waals surface area contributed by atoms with Crippen LogP contribution in [0.15, 0.2) is 41.9 Å². The Morgan fingerprint density at radius 2 is 2.04 bits per heavy atom. The van der Waals surface area contributed by atoms with Crippen molar-refractivity contribution >= 4 is 17.2 Å². The van der Waals surface area contributed by atoms with Crippen molar-refractivity contribution in [1.29, 1.82) is 0 Å². The van der Waals surface area contributed by atoms with Crippen LogP contribution in [-0.4, -0.2) is 24.2 Å². The summed E-state index contributed by atoms with van der Waals surface area (Å²) in [4.78, 5) is 9.77. The standard InChI is InChI=1S/C17H17N3O3S/c1-21-11-5-6-13(14(8-11)22-2)16-17(18)20-15(9-19-16)23-10-12-4-3-7-24-12/h3-9H,10H2,1-2H3,(H2,18,20). The van der Waals surface area contributed by atoms with Crippen molar-refractivity contribution < 1.29 is 14.2 Å². The van der Waals surface area contributed by atoms with E-state index in [1.165, 1.54) is 0 Å². The fourth-order valence-electron chi connectivity index (χ4n) is 2.20. The Labute approximate surface area is 143 Å². The Hall–Kier alpha value is -2.80. The summed E-state index contributed by atoms with van der Waals surface area (Å²) in [7, 11) is 3.18. The second-order valence-electron chi connectivity index (χ2n) is 4.88. The van der Waals surface area contributed by atoms with Crippen molar-refractivity contribution in [3.05, 3.63) is 46.8 Å². The van der Waals surface area contributed by atoms with Gasteiger partial charge >= 0.3 is 0 Å². The van der Waals surface area contributed by atoms with Crippen LogP contribution in [0.4, 0.5) is 5.82 Å². The van der Waals surface area contributed by atoms with E-state index in [-0.39, 0.29) is 5.82 Å². The number of nitrogen functional groups attached to an aromatic ring is 1. The van der Waals surface area contributed by atoms with Gasteiger partial charge in [0.2, 0.25) is 5.88 Å². The van der Waals surface area contributed by atoms with Gasteiger partial charge in [-0.3, -0.25) is 0 Å². The van der Waals surface area contributed by atoms with Crippen molar-refractivity contribution in [2.75, 3.05) is 20.0 Å². The number of ether oxygens (including phenoxy) is 3. The van der Waals surface area contributed by atoms with Gasteiger partial charge in [-0.1, -0.05) is 6.07 Å². The highest BCUT2D eigenvalue weighted by Crippen LogP contribution is 2.34. The monoisotopic (exact) mass is 343 g/mol. The molecule has 7 heteroatoms. The number of rotatable bonds is 6. The maximum absolute atomic E-state index is 6.06. The molecule has 0 amide bonds. The van der Waals surface area contributed by atoms with Gasteiger partial charge in [0.1, 0.15) is 23.8 Å². The van der Waals surface area contributed by atoms with Crippen LogP contribution < -0.4 is 19.9 Å². The first-order valence-corrected chi connectivity index (χ1v) is 8.09. The number of hydrogen-bond acceptors (Lipinski definition) is 7. The predicted octanol–water partition coefficient (Wildman–Crippen LogP) is 3.38. The van der Waals surface area contributed by atoms with E-state index in [0.29, 0.717) is 29.7 Å². The summed E-state index contributed by atoms with van der Waals surface area (Å²) < 4.78 is 16.2. The number of methoxy groups -OCH3 is 2. The minimum absolute atomic E-state index is 0.280. The smallest absolute Gasteiger partial charge is 0.234 e. The lowest BCUT2D eigenvalue weighted by molar-refractivity contribution is 0.296. The molecule has 2 aromatic heterocycles. The lowest BCUT2D eigenvalue weighted by atomic mass is 10.1. The summed E-state index contributed by atoms with van der Waals surface area (Å²) in [6.07, 6.45) is 1.56. The Kier molecular flexibility index (Phi) is 4.81. The zero-order chi connectivity index (χ0) is 16.9. The molecule has 0 unspecified atom stereocenters. The van der Waals surface area contributed by atoms with E-state index in [1.807, 2.05) is 29.6 Å². The molecule has 6 nitrogen and oxygen atoms in total. The van der Waals surface area contributed by atoms with Gasteiger partial charge < -0.3 is 19.9 Å². The maximum atomic E-state index is 6.06. The molecule has 0 aliphatic heterocycles. The molecule has 3 aromatic rings. The maximum Gasteiger partial charge on any atom is 0.234 e. The summed E-state index contributed by atoms with van der Waals surface area (Å²) in [5, 5.41) is 2.00. The number of hydrogen-bond donors (Lipinski definition) is 1. The third-order valence-electron chi connectivity index (χ3n) is 3.38. The number of anilines is 1. The average molecular weight is 343 g/mol. The van der Waals surface area contributed by atoms with Crippen molar-refractivity contribution in [1.82, 2.24) is 9.97 Å². The largest absolute Gasteiger partial charge is 0.497 e. The highest BCUT2D eigenvalue weighted by Gasteiger charge is 2.14. The topological polar surface area (TPSA) is 79.5 Å². The van der Waals surface area contributed by atoms with Crippen LogP contribution in [-0.2, 0) is 6.61 Å². The van der Waals surface area contributed by atoms with Crippen LogP contribution in [0, 0.1) is 0 Å². The molecule has 0 bridgehead atoms. The van der Waals surface area contributed by atoms with Crippen LogP contribution in [0.1, 0.15) is 4.88 Å². The number of aromatic nitrogens is 2. The van der Waals surface area contributed by atoms with Crippen LogP contribution in [0.2, 0.25) is 0 Å². The Morgan fingerprint density at radius 3 is 2.71 bits per heavy atom. The fraction of sp³-hybridized carbons (Fsp3) is 0.176. The molecular weight excluding hydrogens is 326 g/mol. The van der Waals surface area contributed by atoms with Crippen molar-refractivity contribution in [3.63, 3.8) is 0 Å². The van der Waals surface area contributed by atoms with E-state index < -0.39 is 0 Å². The third kappa shape index (κ3) is 3.41. The molecule has 0 saturated heterocycles. The third-order valence-corrected chi connectivity index (χ3v) is 4.23. The summed E-state index contributed by atoms with van der Waals surface area (Å²) in [5.74, 6) is 1.97. The molecule has 0 aliphatic carbocycles. The minimum Gasteiger partial charge on any atom is -0.497 e. The van der Waals surface area contributed by atoms with E-state index in [1.54, 1.807) is 37.8 Å². The molecule has 24 heavy (non-hydrogen) atoms. The van der Waals surface area contributed by atoms with Gasteiger partial charge in [0.25, 0.3) is 0 Å². The number of nitrogens with two attached hydrogens (primary N) is 1. The molecule has 0 aliphatic rings. The molecule has 1 aromatic carbocycles. The van der Waals surface area contributed by atoms with E-state index in [2.05, 4.69) is 9.97 Å². The predicted molar refractivity (Wildman–Crippen MR) is 93.6 cm³/mol. The zero-order valence-electron chi connectivity index (χ0n) is 13.4. The summed E-state index contributed by atoms with van der Waals surface area (Å²) >= 11 is 1.62. The van der Waals surface area contributed by atoms with Gasteiger partial charge in [-0.05, 0) is 23.6 Å². The highest BCUT2D eigenvalue weighted by molar-refractivity contribution is 7.09. The quantitative estimate of drug-likeness (QED) is 0.739. The molecule has 0 spiro atoms. The summed E-state index contributed by atoms with van der Waals surface area (Å²) in [5.41, 5.74) is 7.34. The lowest BCUT2D eigenvalue weighted by Crippen LogP contribution is -2.02. The molecule has 2 N–H and O–H groups in total. The average Bonchev–Trinajstić information content (AvgIpc) is 3.13. The van der Waals surface area contributed by atoms with E-state index in [0.717, 1.165) is 10.4 Å². The molecular formula is C17H17N3O3S. The molecule has 2 heterocycles. The molecule has 3 rings (SSSR count). The van der Waals surface area contributed by atoms with Crippen LogP contribution >= 0.6 is 11.3 Å². The van der Waals surface area contributed by atoms with Crippen LogP contribution in [0.5, 0.6) is 17.4 Å². The van der Waals surface area contributed by atoms with Gasteiger partial charge in [0, 0.05) is 16.5 Å². The first kappa shape index (κ1) is 16.1. The summed E-state index contributed by atoms with van der Waals surface area (Å²) in [6, 6.07) is 9.41. The number of nitrogens with zero attached hydrogens (tertiary/aromatic N) is 2. The normalized spacial score (nSPS) is 10.4. The first-order chi connectivity index (χ1) is 11.7. The lowest BCUT2D eigenvalue weighted by Gasteiger charge is -2.12. The zero-order valence-corrected chi connectivity index (χ0v) is 14.2. The van der Waals surface area contributed by atoms with Crippen LogP contribution in [0.3, 0.4) is 0 Å². The second kappa shape index (κ2) is 7.18. The van der Waals surface area contributed by atoms with E-state index in [4.69, 9.17) is 19.9 Å². The molecule has 124 valence electrons. The molecule has 0 saturated carbocycles.